The SMILES string of the molecule is CCCCC1=C2C=C(N3CCCc4cc(C(=O)N5CCCC5)cnc43)C=CN2C1=O. The van der Waals surface area contributed by atoms with E-state index < -0.39 is 0 Å². The first-order valence-electron chi connectivity index (χ1n) is 11.2. The Balaban J connectivity index is 1.42. The van der Waals surface area contributed by atoms with Crippen molar-refractivity contribution in [1.29, 1.82) is 0 Å². The number of carbonyl (C=O) groups is 2. The lowest BCUT2D eigenvalue weighted by molar-refractivity contribution is -0.126. The van der Waals surface area contributed by atoms with E-state index in [1.807, 2.05) is 23.2 Å². The number of nitrogens with zero attached hydrogens (tertiary/aromatic N) is 4. The van der Waals surface area contributed by atoms with Crippen LogP contribution in [0.15, 0.2) is 47.6 Å². The lowest BCUT2D eigenvalue weighted by atomic mass is 9.94. The minimum Gasteiger partial charge on any atom is -0.339 e. The van der Waals surface area contributed by atoms with Crippen molar-refractivity contribution >= 4 is 17.6 Å². The van der Waals surface area contributed by atoms with Gasteiger partial charge in [-0.3, -0.25) is 14.5 Å². The molecule has 5 heterocycles. The number of allylic oxidation sites excluding steroid dienone is 2. The summed E-state index contributed by atoms with van der Waals surface area (Å²) in [5.74, 6) is 1.17. The van der Waals surface area contributed by atoms with E-state index in [0.29, 0.717) is 5.56 Å². The Kier molecular flexibility index (Phi) is 4.93. The largest absolute Gasteiger partial charge is 0.339 e. The predicted molar refractivity (Wildman–Crippen MR) is 116 cm³/mol. The number of fused-ring (bicyclic) bond motifs is 2. The number of hydrogen-bond donors (Lipinski definition) is 0. The summed E-state index contributed by atoms with van der Waals surface area (Å²) in [4.78, 5) is 35.7. The highest BCUT2D eigenvalue weighted by atomic mass is 16.2. The van der Waals surface area contributed by atoms with Gasteiger partial charge in [-0.05, 0) is 62.3 Å². The molecule has 0 atom stereocenters. The van der Waals surface area contributed by atoms with Crippen LogP contribution in [0.25, 0.3) is 0 Å². The van der Waals surface area contributed by atoms with E-state index in [1.54, 1.807) is 11.1 Å². The molecular weight excluding hydrogens is 376 g/mol. The van der Waals surface area contributed by atoms with Gasteiger partial charge in [0.15, 0.2) is 0 Å². The molecule has 0 aliphatic carbocycles. The molecule has 4 aliphatic rings. The molecule has 0 unspecified atom stereocenters. The van der Waals surface area contributed by atoms with E-state index in [-0.39, 0.29) is 11.8 Å². The number of anilines is 1. The van der Waals surface area contributed by atoms with Crippen LogP contribution in [-0.2, 0) is 11.2 Å². The lowest BCUT2D eigenvalue weighted by Crippen LogP contribution is -2.40. The number of carbonyl (C=O) groups excluding carboxylic acids is 2. The summed E-state index contributed by atoms with van der Waals surface area (Å²) >= 11 is 0. The summed E-state index contributed by atoms with van der Waals surface area (Å²) in [5, 5.41) is 0. The second-order valence-electron chi connectivity index (χ2n) is 8.49. The van der Waals surface area contributed by atoms with Gasteiger partial charge in [0.25, 0.3) is 11.8 Å². The maximum Gasteiger partial charge on any atom is 0.260 e. The van der Waals surface area contributed by atoms with Gasteiger partial charge in [-0.15, -0.1) is 0 Å². The summed E-state index contributed by atoms with van der Waals surface area (Å²) < 4.78 is 0. The minimum absolute atomic E-state index is 0.103. The molecule has 0 aromatic carbocycles. The highest BCUT2D eigenvalue weighted by Gasteiger charge is 2.35. The van der Waals surface area contributed by atoms with E-state index in [0.717, 1.165) is 92.9 Å². The first-order valence-corrected chi connectivity index (χ1v) is 11.2. The Bertz CT molecular complexity index is 985. The van der Waals surface area contributed by atoms with Gasteiger partial charge in [-0.25, -0.2) is 4.98 Å². The van der Waals surface area contributed by atoms with Crippen LogP contribution >= 0.6 is 0 Å². The number of likely N-dealkylation sites (tertiary alicyclic amines) is 1. The fraction of sp³-hybridized carbons (Fsp3) is 0.458. The monoisotopic (exact) mass is 404 g/mol. The summed E-state index contributed by atoms with van der Waals surface area (Å²) in [6.45, 7) is 4.74. The molecule has 1 fully saturated rings. The molecule has 0 spiro atoms. The van der Waals surface area contributed by atoms with Crippen LogP contribution in [0.4, 0.5) is 5.82 Å². The molecule has 2 amide bonds. The van der Waals surface area contributed by atoms with Gasteiger partial charge >= 0.3 is 0 Å². The molecule has 0 N–H and O–H groups in total. The van der Waals surface area contributed by atoms with Crippen LogP contribution in [0.1, 0.15) is 61.4 Å². The van der Waals surface area contributed by atoms with Crippen molar-refractivity contribution in [3.63, 3.8) is 0 Å². The van der Waals surface area contributed by atoms with Gasteiger partial charge in [0, 0.05) is 43.3 Å². The molecule has 6 heteroatoms. The molecule has 0 bridgehead atoms. The molecule has 1 aromatic heterocycles. The molecule has 1 aromatic rings. The molecule has 156 valence electrons. The number of aromatic nitrogens is 1. The van der Waals surface area contributed by atoms with Crippen LogP contribution in [0.5, 0.6) is 0 Å². The topological polar surface area (TPSA) is 56.8 Å². The number of hydrogen-bond acceptors (Lipinski definition) is 4. The van der Waals surface area contributed by atoms with Crippen molar-refractivity contribution < 1.29 is 9.59 Å². The Labute approximate surface area is 177 Å². The number of unbranched alkanes of at least 4 members (excludes halogenated alkanes) is 1. The summed E-state index contributed by atoms with van der Waals surface area (Å²) in [6.07, 6.45) is 14.8. The lowest BCUT2D eigenvalue weighted by Gasteiger charge is -2.38. The fourth-order valence-corrected chi connectivity index (χ4v) is 4.79. The number of aryl methyl sites for hydroxylation is 1. The van der Waals surface area contributed by atoms with Crippen LogP contribution < -0.4 is 4.90 Å². The number of rotatable bonds is 5. The maximum atomic E-state index is 12.8. The van der Waals surface area contributed by atoms with Crippen molar-refractivity contribution in [2.75, 3.05) is 24.5 Å². The Morgan fingerprint density at radius 2 is 2.00 bits per heavy atom. The van der Waals surface area contributed by atoms with Gasteiger partial charge in [-0.1, -0.05) is 13.3 Å². The highest BCUT2D eigenvalue weighted by Crippen LogP contribution is 2.37. The Morgan fingerprint density at radius 3 is 2.80 bits per heavy atom. The smallest absolute Gasteiger partial charge is 0.260 e. The van der Waals surface area contributed by atoms with Crippen LogP contribution in [0, 0.1) is 0 Å². The first-order chi connectivity index (χ1) is 14.7. The molecule has 4 aliphatic heterocycles. The van der Waals surface area contributed by atoms with Gasteiger partial charge < -0.3 is 9.80 Å². The average molecular weight is 405 g/mol. The third kappa shape index (κ3) is 3.15. The van der Waals surface area contributed by atoms with E-state index in [9.17, 15) is 9.59 Å². The van der Waals surface area contributed by atoms with Gasteiger partial charge in [-0.2, -0.15) is 0 Å². The quantitative estimate of drug-likeness (QED) is 0.750. The van der Waals surface area contributed by atoms with Crippen molar-refractivity contribution in [3.8, 4) is 0 Å². The van der Waals surface area contributed by atoms with E-state index in [4.69, 9.17) is 4.98 Å². The Morgan fingerprint density at radius 1 is 1.17 bits per heavy atom. The van der Waals surface area contributed by atoms with Crippen LogP contribution in [0.3, 0.4) is 0 Å². The molecule has 6 nitrogen and oxygen atoms in total. The van der Waals surface area contributed by atoms with Gasteiger partial charge in [0.2, 0.25) is 0 Å². The van der Waals surface area contributed by atoms with Crippen molar-refractivity contribution in [2.24, 2.45) is 0 Å². The van der Waals surface area contributed by atoms with E-state index in [2.05, 4.69) is 17.9 Å². The van der Waals surface area contributed by atoms with Gasteiger partial charge in [0.05, 0.1) is 11.3 Å². The predicted octanol–water partition coefficient (Wildman–Crippen LogP) is 3.77. The highest BCUT2D eigenvalue weighted by molar-refractivity contribution is 6.04. The second-order valence-corrected chi connectivity index (χ2v) is 8.49. The minimum atomic E-state index is 0.103. The summed E-state index contributed by atoms with van der Waals surface area (Å²) in [7, 11) is 0. The van der Waals surface area contributed by atoms with Crippen molar-refractivity contribution in [3.05, 3.63) is 58.7 Å². The van der Waals surface area contributed by atoms with Gasteiger partial charge in [0.1, 0.15) is 5.82 Å². The maximum absolute atomic E-state index is 12.8. The molecule has 0 radical (unpaired) electrons. The zero-order chi connectivity index (χ0) is 20.7. The third-order valence-corrected chi connectivity index (χ3v) is 6.48. The molecule has 1 saturated heterocycles. The summed E-state index contributed by atoms with van der Waals surface area (Å²) in [5.41, 5.74) is 4.86. The standard InChI is InChI=1S/C24H28N4O2/c1-2-3-8-20-21-15-19(9-13-28(21)24(20)30)27-12-6-7-17-14-18(16-25-22(17)27)23(29)26-10-4-5-11-26/h9,13-16H,2-8,10-12H2,1H3. The second kappa shape index (κ2) is 7.74. The zero-order valence-electron chi connectivity index (χ0n) is 17.6. The van der Waals surface area contributed by atoms with E-state index in [1.165, 1.54) is 0 Å². The third-order valence-electron chi connectivity index (χ3n) is 6.48. The van der Waals surface area contributed by atoms with Crippen LogP contribution in [-0.4, -0.2) is 46.2 Å². The molecule has 30 heavy (non-hydrogen) atoms. The molecule has 0 saturated carbocycles. The molecular formula is C24H28N4O2. The number of amides is 2. The average Bonchev–Trinajstić information content (AvgIpc) is 3.32. The Hall–Kier alpha value is -2.89. The number of pyridine rings is 1. The van der Waals surface area contributed by atoms with Crippen molar-refractivity contribution in [1.82, 2.24) is 14.8 Å². The first kappa shape index (κ1) is 19.1. The summed E-state index contributed by atoms with van der Waals surface area (Å²) in [6, 6.07) is 2.04. The zero-order valence-corrected chi connectivity index (χ0v) is 17.6. The molecule has 5 rings (SSSR count). The van der Waals surface area contributed by atoms with Crippen molar-refractivity contribution in [2.45, 2.75) is 51.9 Å². The normalized spacial score (nSPS) is 20.2. The van der Waals surface area contributed by atoms with Crippen LogP contribution in [0.2, 0.25) is 0 Å². The fourth-order valence-electron chi connectivity index (χ4n) is 4.79. The van der Waals surface area contributed by atoms with E-state index >= 15 is 0 Å².